The molecule has 0 saturated heterocycles. The van der Waals surface area contributed by atoms with Crippen LogP contribution in [0, 0.1) is 6.92 Å². The van der Waals surface area contributed by atoms with E-state index in [9.17, 15) is 18.0 Å². The van der Waals surface area contributed by atoms with Crippen molar-refractivity contribution < 1.29 is 22.7 Å². The number of amides is 2. The van der Waals surface area contributed by atoms with Crippen LogP contribution in [0.4, 0.5) is 5.69 Å². The van der Waals surface area contributed by atoms with Crippen molar-refractivity contribution in [2.45, 2.75) is 77.4 Å². The lowest BCUT2D eigenvalue weighted by atomic mass is 10.1. The van der Waals surface area contributed by atoms with E-state index in [4.69, 9.17) is 4.74 Å². The van der Waals surface area contributed by atoms with E-state index in [1.165, 1.54) is 10.6 Å². The standard InChI is InChI=1S/C29H41N3O5S/c1-5-26(29(34)30-24-12-7-8-13-24)31(21-23-16-18-25(37-3)19-17-23)28(33)15-10-20-32(38(4,35)36)27-14-9-6-11-22(27)2/h6,9,11,14,16-19,24,26H,5,7-8,10,12-13,15,20-21H2,1-4H3,(H,30,34)/t26-/m1/s1. The van der Waals surface area contributed by atoms with Crippen molar-refractivity contribution in [2.24, 2.45) is 0 Å². The summed E-state index contributed by atoms with van der Waals surface area (Å²) in [4.78, 5) is 28.5. The van der Waals surface area contributed by atoms with Gasteiger partial charge in [0, 0.05) is 25.6 Å². The van der Waals surface area contributed by atoms with Crippen molar-refractivity contribution in [2.75, 3.05) is 24.2 Å². The number of nitrogens with one attached hydrogen (secondary N) is 1. The minimum atomic E-state index is -3.53. The Kier molecular flexibility index (Phi) is 10.6. The lowest BCUT2D eigenvalue weighted by molar-refractivity contribution is -0.141. The number of carbonyl (C=O) groups excluding carboxylic acids is 2. The topological polar surface area (TPSA) is 96.0 Å². The molecule has 0 heterocycles. The third kappa shape index (κ3) is 7.96. The maximum atomic E-state index is 13.6. The molecule has 1 saturated carbocycles. The smallest absolute Gasteiger partial charge is 0.243 e. The predicted octanol–water partition coefficient (Wildman–Crippen LogP) is 4.42. The molecule has 1 aliphatic carbocycles. The molecule has 38 heavy (non-hydrogen) atoms. The molecule has 9 heteroatoms. The van der Waals surface area contributed by atoms with Crippen LogP contribution in [0.15, 0.2) is 48.5 Å². The zero-order valence-corrected chi connectivity index (χ0v) is 23.8. The van der Waals surface area contributed by atoms with Gasteiger partial charge in [-0.3, -0.25) is 13.9 Å². The van der Waals surface area contributed by atoms with Crippen molar-refractivity contribution in [3.05, 3.63) is 59.7 Å². The quantitative estimate of drug-likeness (QED) is 0.404. The van der Waals surface area contributed by atoms with Crippen LogP contribution >= 0.6 is 0 Å². The molecule has 1 aliphatic rings. The van der Waals surface area contributed by atoms with E-state index in [1.54, 1.807) is 24.1 Å². The Morgan fingerprint density at radius 3 is 2.32 bits per heavy atom. The highest BCUT2D eigenvalue weighted by Gasteiger charge is 2.30. The Balaban J connectivity index is 1.76. The lowest BCUT2D eigenvalue weighted by Crippen LogP contribution is -2.51. The molecule has 1 atom stereocenters. The summed E-state index contributed by atoms with van der Waals surface area (Å²) in [7, 11) is -1.93. The molecular weight excluding hydrogens is 502 g/mol. The second kappa shape index (κ2) is 13.6. The number of ether oxygens (including phenoxy) is 1. The number of carbonyl (C=O) groups is 2. The second-order valence-electron chi connectivity index (χ2n) is 10.0. The number of methoxy groups -OCH3 is 1. The zero-order valence-electron chi connectivity index (χ0n) is 23.0. The van der Waals surface area contributed by atoms with E-state index in [-0.39, 0.29) is 37.4 Å². The van der Waals surface area contributed by atoms with Crippen molar-refractivity contribution in [1.82, 2.24) is 10.2 Å². The zero-order chi connectivity index (χ0) is 27.7. The van der Waals surface area contributed by atoms with E-state index in [2.05, 4.69) is 5.32 Å². The molecule has 0 aliphatic heterocycles. The fourth-order valence-corrected chi connectivity index (χ4v) is 6.06. The Hall–Kier alpha value is -3.07. The van der Waals surface area contributed by atoms with Gasteiger partial charge in [-0.05, 0) is 61.9 Å². The highest BCUT2D eigenvalue weighted by atomic mass is 32.2. The summed E-state index contributed by atoms with van der Waals surface area (Å²) < 4.78 is 31.7. The molecule has 8 nitrogen and oxygen atoms in total. The molecule has 0 radical (unpaired) electrons. The minimum Gasteiger partial charge on any atom is -0.497 e. The van der Waals surface area contributed by atoms with Gasteiger partial charge in [0.05, 0.1) is 19.1 Å². The van der Waals surface area contributed by atoms with Gasteiger partial charge in [-0.1, -0.05) is 50.1 Å². The summed E-state index contributed by atoms with van der Waals surface area (Å²) in [5.41, 5.74) is 2.35. The van der Waals surface area contributed by atoms with Gasteiger partial charge in [-0.25, -0.2) is 8.42 Å². The first-order chi connectivity index (χ1) is 18.1. The van der Waals surface area contributed by atoms with Crippen molar-refractivity contribution in [3.8, 4) is 5.75 Å². The first kappa shape index (κ1) is 29.5. The first-order valence-electron chi connectivity index (χ1n) is 13.4. The average Bonchev–Trinajstić information content (AvgIpc) is 3.39. The summed E-state index contributed by atoms with van der Waals surface area (Å²) in [5, 5.41) is 3.15. The SMILES string of the molecule is CC[C@H](C(=O)NC1CCCC1)N(Cc1ccc(OC)cc1)C(=O)CCCN(c1ccccc1C)S(C)(=O)=O. The van der Waals surface area contributed by atoms with Gasteiger partial charge in [0.1, 0.15) is 11.8 Å². The summed E-state index contributed by atoms with van der Waals surface area (Å²) in [6.45, 7) is 4.24. The van der Waals surface area contributed by atoms with Crippen LogP contribution in [0.1, 0.15) is 63.0 Å². The maximum Gasteiger partial charge on any atom is 0.243 e. The van der Waals surface area contributed by atoms with Gasteiger partial charge < -0.3 is 15.0 Å². The van der Waals surface area contributed by atoms with Gasteiger partial charge in [0.2, 0.25) is 21.8 Å². The number of hydrogen-bond acceptors (Lipinski definition) is 5. The Morgan fingerprint density at radius 2 is 1.74 bits per heavy atom. The van der Waals surface area contributed by atoms with Gasteiger partial charge in [0.25, 0.3) is 0 Å². The molecule has 0 unspecified atom stereocenters. The van der Waals surface area contributed by atoms with Gasteiger partial charge in [-0.15, -0.1) is 0 Å². The predicted molar refractivity (Wildman–Crippen MR) is 151 cm³/mol. The molecule has 3 rings (SSSR count). The number of nitrogens with zero attached hydrogens (tertiary/aromatic N) is 2. The first-order valence-corrected chi connectivity index (χ1v) is 15.2. The van der Waals surface area contributed by atoms with E-state index < -0.39 is 16.1 Å². The third-order valence-electron chi connectivity index (χ3n) is 7.14. The van der Waals surface area contributed by atoms with Gasteiger partial charge in [0.15, 0.2) is 0 Å². The third-order valence-corrected chi connectivity index (χ3v) is 8.32. The highest BCUT2D eigenvalue weighted by Crippen LogP contribution is 2.24. The molecule has 2 aromatic carbocycles. The van der Waals surface area contributed by atoms with Crippen LogP contribution < -0.4 is 14.4 Å². The molecule has 0 spiro atoms. The van der Waals surface area contributed by atoms with Crippen LogP contribution in [0.25, 0.3) is 0 Å². The number of hydrogen-bond donors (Lipinski definition) is 1. The Bertz CT molecular complexity index is 1180. The van der Waals surface area contributed by atoms with Gasteiger partial charge in [-0.2, -0.15) is 0 Å². The molecule has 2 amide bonds. The second-order valence-corrected chi connectivity index (χ2v) is 11.9. The summed E-state index contributed by atoms with van der Waals surface area (Å²) >= 11 is 0. The number of anilines is 1. The highest BCUT2D eigenvalue weighted by molar-refractivity contribution is 7.92. The molecule has 0 aromatic heterocycles. The summed E-state index contributed by atoms with van der Waals surface area (Å²) in [6.07, 6.45) is 6.27. The summed E-state index contributed by atoms with van der Waals surface area (Å²) in [6, 6.07) is 14.3. The van der Waals surface area contributed by atoms with E-state index in [0.717, 1.165) is 42.6 Å². The lowest BCUT2D eigenvalue weighted by Gasteiger charge is -2.32. The van der Waals surface area contributed by atoms with Crippen LogP contribution in [0.2, 0.25) is 0 Å². The van der Waals surface area contributed by atoms with Crippen LogP contribution in [0.3, 0.4) is 0 Å². The minimum absolute atomic E-state index is 0.126. The number of aryl methyl sites for hydroxylation is 1. The van der Waals surface area contributed by atoms with E-state index in [1.807, 2.05) is 50.2 Å². The molecule has 2 aromatic rings. The van der Waals surface area contributed by atoms with Crippen molar-refractivity contribution >= 4 is 27.5 Å². The fraction of sp³-hybridized carbons (Fsp3) is 0.517. The molecule has 1 N–H and O–H groups in total. The normalized spacial score (nSPS) is 14.6. The Labute approximate surface area is 227 Å². The number of benzene rings is 2. The number of para-hydroxylation sites is 1. The molecule has 1 fully saturated rings. The Morgan fingerprint density at radius 1 is 1.08 bits per heavy atom. The van der Waals surface area contributed by atoms with Gasteiger partial charge >= 0.3 is 0 Å². The van der Waals surface area contributed by atoms with Crippen LogP contribution in [-0.4, -0.2) is 57.1 Å². The monoisotopic (exact) mass is 543 g/mol. The van der Waals surface area contributed by atoms with Crippen LogP contribution in [-0.2, 0) is 26.2 Å². The largest absolute Gasteiger partial charge is 0.497 e. The number of sulfonamides is 1. The maximum absolute atomic E-state index is 13.6. The van der Waals surface area contributed by atoms with E-state index in [0.29, 0.717) is 18.5 Å². The van der Waals surface area contributed by atoms with Crippen molar-refractivity contribution in [3.63, 3.8) is 0 Å². The van der Waals surface area contributed by atoms with Crippen molar-refractivity contribution in [1.29, 1.82) is 0 Å². The number of rotatable bonds is 13. The van der Waals surface area contributed by atoms with Crippen LogP contribution in [0.5, 0.6) is 5.75 Å². The van der Waals surface area contributed by atoms with E-state index >= 15 is 0 Å². The molecular formula is C29H41N3O5S. The summed E-state index contributed by atoms with van der Waals surface area (Å²) in [5.74, 6) is 0.418. The molecule has 0 bridgehead atoms. The average molecular weight is 544 g/mol. The fourth-order valence-electron chi connectivity index (χ4n) is 5.04. The molecule has 208 valence electrons.